The van der Waals surface area contributed by atoms with Gasteiger partial charge in [-0.1, -0.05) is 6.92 Å². The van der Waals surface area contributed by atoms with Crippen molar-refractivity contribution in [3.63, 3.8) is 0 Å². The number of hydrogen-bond acceptors (Lipinski definition) is 5. The van der Waals surface area contributed by atoms with Gasteiger partial charge in [-0.2, -0.15) is 0 Å². The van der Waals surface area contributed by atoms with E-state index < -0.39 is 0 Å². The van der Waals surface area contributed by atoms with Crippen molar-refractivity contribution in [1.29, 1.82) is 0 Å². The van der Waals surface area contributed by atoms with Crippen LogP contribution >= 0.6 is 0 Å². The average Bonchev–Trinajstić information content (AvgIpc) is 2.89. The van der Waals surface area contributed by atoms with Crippen LogP contribution in [-0.4, -0.2) is 73.7 Å². The molecule has 2 rings (SSSR count). The monoisotopic (exact) mass is 283 g/mol. The standard InChI is InChI=1S/C15H29N3O2/c1-4-7-16-14(15(19)20-3)11-18-10-13-6-5-8-17(13)9-12(18)2/h12-14,16H,4-11H2,1-3H3. The molecule has 0 saturated carbocycles. The lowest BCUT2D eigenvalue weighted by molar-refractivity contribution is -0.144. The second-order valence-electron chi connectivity index (χ2n) is 6.12. The van der Waals surface area contributed by atoms with Crippen molar-refractivity contribution in [3.05, 3.63) is 0 Å². The van der Waals surface area contributed by atoms with Gasteiger partial charge in [0.1, 0.15) is 6.04 Å². The van der Waals surface area contributed by atoms with E-state index in [0.29, 0.717) is 12.1 Å². The van der Waals surface area contributed by atoms with Crippen molar-refractivity contribution in [3.8, 4) is 0 Å². The first-order valence-electron chi connectivity index (χ1n) is 7.95. The summed E-state index contributed by atoms with van der Waals surface area (Å²) in [5.41, 5.74) is 0. The number of hydrogen-bond donors (Lipinski definition) is 1. The minimum Gasteiger partial charge on any atom is -0.468 e. The van der Waals surface area contributed by atoms with Gasteiger partial charge < -0.3 is 10.1 Å². The lowest BCUT2D eigenvalue weighted by Gasteiger charge is -2.43. The molecule has 2 heterocycles. The molecule has 0 spiro atoms. The van der Waals surface area contributed by atoms with Crippen molar-refractivity contribution < 1.29 is 9.53 Å². The maximum atomic E-state index is 11.9. The molecule has 0 aromatic rings. The summed E-state index contributed by atoms with van der Waals surface area (Å²) in [5, 5.41) is 3.32. The van der Waals surface area contributed by atoms with Gasteiger partial charge in [-0.3, -0.25) is 14.6 Å². The number of esters is 1. The van der Waals surface area contributed by atoms with Crippen molar-refractivity contribution in [1.82, 2.24) is 15.1 Å². The quantitative estimate of drug-likeness (QED) is 0.727. The number of carbonyl (C=O) groups excluding carboxylic acids is 1. The third-order valence-electron chi connectivity index (χ3n) is 4.61. The molecule has 0 aromatic heterocycles. The minimum absolute atomic E-state index is 0.139. The molecule has 5 nitrogen and oxygen atoms in total. The van der Waals surface area contributed by atoms with Crippen molar-refractivity contribution >= 4 is 5.97 Å². The van der Waals surface area contributed by atoms with Gasteiger partial charge in [-0.25, -0.2) is 0 Å². The van der Waals surface area contributed by atoms with Crippen LogP contribution in [0.1, 0.15) is 33.1 Å². The van der Waals surface area contributed by atoms with Crippen LogP contribution in [0.2, 0.25) is 0 Å². The van der Waals surface area contributed by atoms with E-state index in [0.717, 1.165) is 32.6 Å². The minimum atomic E-state index is -0.199. The van der Waals surface area contributed by atoms with Crippen LogP contribution in [0.3, 0.4) is 0 Å². The van der Waals surface area contributed by atoms with E-state index in [1.54, 1.807) is 0 Å². The lowest BCUT2D eigenvalue weighted by Crippen LogP contribution is -2.58. The smallest absolute Gasteiger partial charge is 0.324 e. The molecular weight excluding hydrogens is 254 g/mol. The van der Waals surface area contributed by atoms with Crippen LogP contribution in [0.5, 0.6) is 0 Å². The number of rotatable bonds is 6. The fourth-order valence-corrected chi connectivity index (χ4v) is 3.42. The SMILES string of the molecule is CCCNC(CN1CC2CCCN2CC1C)C(=O)OC. The zero-order chi connectivity index (χ0) is 14.5. The van der Waals surface area contributed by atoms with E-state index in [1.165, 1.54) is 26.5 Å². The molecule has 5 heteroatoms. The molecule has 0 aliphatic carbocycles. The predicted molar refractivity (Wildman–Crippen MR) is 79.7 cm³/mol. The van der Waals surface area contributed by atoms with Gasteiger partial charge in [0.05, 0.1) is 7.11 Å². The van der Waals surface area contributed by atoms with Crippen molar-refractivity contribution in [2.24, 2.45) is 0 Å². The first kappa shape index (κ1) is 15.7. The summed E-state index contributed by atoms with van der Waals surface area (Å²) in [5.74, 6) is -0.139. The number of carbonyl (C=O) groups is 1. The van der Waals surface area contributed by atoms with Crippen LogP contribution in [0, 0.1) is 0 Å². The number of ether oxygens (including phenoxy) is 1. The van der Waals surface area contributed by atoms with E-state index in [4.69, 9.17) is 4.74 Å². The zero-order valence-corrected chi connectivity index (χ0v) is 13.1. The first-order valence-corrected chi connectivity index (χ1v) is 7.95. The zero-order valence-electron chi connectivity index (χ0n) is 13.1. The molecule has 0 aromatic carbocycles. The molecule has 20 heavy (non-hydrogen) atoms. The number of fused-ring (bicyclic) bond motifs is 1. The van der Waals surface area contributed by atoms with Crippen LogP contribution < -0.4 is 5.32 Å². The Bertz CT molecular complexity index is 324. The van der Waals surface area contributed by atoms with Gasteiger partial charge in [0.25, 0.3) is 0 Å². The highest BCUT2D eigenvalue weighted by molar-refractivity contribution is 5.75. The topological polar surface area (TPSA) is 44.8 Å². The Morgan fingerprint density at radius 2 is 2.25 bits per heavy atom. The lowest BCUT2D eigenvalue weighted by atomic mass is 10.1. The Labute approximate surface area is 122 Å². The first-order chi connectivity index (χ1) is 9.65. The third kappa shape index (κ3) is 3.71. The van der Waals surface area contributed by atoms with Crippen LogP contribution in [-0.2, 0) is 9.53 Å². The van der Waals surface area contributed by atoms with Crippen LogP contribution in [0.4, 0.5) is 0 Å². The predicted octanol–water partition coefficient (Wildman–Crippen LogP) is 0.696. The Balaban J connectivity index is 1.92. The Morgan fingerprint density at radius 1 is 1.45 bits per heavy atom. The molecule has 2 aliphatic heterocycles. The van der Waals surface area contributed by atoms with E-state index in [1.807, 2.05) is 0 Å². The molecule has 2 aliphatic rings. The fourth-order valence-electron chi connectivity index (χ4n) is 3.42. The summed E-state index contributed by atoms with van der Waals surface area (Å²) in [6.45, 7) is 9.46. The Morgan fingerprint density at radius 3 is 2.95 bits per heavy atom. The van der Waals surface area contributed by atoms with E-state index >= 15 is 0 Å². The Hall–Kier alpha value is -0.650. The second-order valence-corrected chi connectivity index (χ2v) is 6.12. The van der Waals surface area contributed by atoms with E-state index in [-0.39, 0.29) is 12.0 Å². The average molecular weight is 283 g/mol. The maximum absolute atomic E-state index is 11.9. The van der Waals surface area contributed by atoms with Gasteiger partial charge in [0.15, 0.2) is 0 Å². The number of piperazine rings is 1. The van der Waals surface area contributed by atoms with Gasteiger partial charge in [-0.05, 0) is 39.3 Å². The van der Waals surface area contributed by atoms with Gasteiger partial charge in [0.2, 0.25) is 0 Å². The summed E-state index contributed by atoms with van der Waals surface area (Å²) in [7, 11) is 1.47. The molecule has 0 radical (unpaired) electrons. The summed E-state index contributed by atoms with van der Waals surface area (Å²) >= 11 is 0. The summed E-state index contributed by atoms with van der Waals surface area (Å²) in [6.07, 6.45) is 3.65. The second kappa shape index (κ2) is 7.38. The van der Waals surface area contributed by atoms with E-state index in [2.05, 4.69) is 29.0 Å². The maximum Gasteiger partial charge on any atom is 0.324 e. The normalized spacial score (nSPS) is 29.1. The third-order valence-corrected chi connectivity index (χ3v) is 4.61. The highest BCUT2D eigenvalue weighted by Crippen LogP contribution is 2.24. The molecule has 3 unspecified atom stereocenters. The molecule has 0 bridgehead atoms. The summed E-state index contributed by atoms with van der Waals surface area (Å²) < 4.78 is 4.93. The summed E-state index contributed by atoms with van der Waals surface area (Å²) in [6, 6.07) is 1.01. The molecule has 3 atom stereocenters. The van der Waals surface area contributed by atoms with E-state index in [9.17, 15) is 4.79 Å². The molecule has 116 valence electrons. The van der Waals surface area contributed by atoms with Gasteiger partial charge in [-0.15, -0.1) is 0 Å². The van der Waals surface area contributed by atoms with Gasteiger partial charge >= 0.3 is 5.97 Å². The van der Waals surface area contributed by atoms with Crippen LogP contribution in [0.25, 0.3) is 0 Å². The van der Waals surface area contributed by atoms with Crippen LogP contribution in [0.15, 0.2) is 0 Å². The largest absolute Gasteiger partial charge is 0.468 e. The molecule has 2 saturated heterocycles. The van der Waals surface area contributed by atoms with Crippen molar-refractivity contribution in [2.75, 3.05) is 39.8 Å². The molecule has 1 N–H and O–H groups in total. The Kier molecular flexibility index (Phi) is 5.81. The highest BCUT2D eigenvalue weighted by Gasteiger charge is 2.36. The summed E-state index contributed by atoms with van der Waals surface area (Å²) in [4.78, 5) is 17.0. The highest BCUT2D eigenvalue weighted by atomic mass is 16.5. The molecule has 0 amide bonds. The number of nitrogens with one attached hydrogen (secondary N) is 1. The number of methoxy groups -OCH3 is 1. The van der Waals surface area contributed by atoms with Gasteiger partial charge in [0, 0.05) is 31.7 Å². The molecular formula is C15H29N3O2. The molecule has 2 fully saturated rings. The van der Waals surface area contributed by atoms with Crippen molar-refractivity contribution in [2.45, 2.75) is 51.2 Å². The number of nitrogens with zero attached hydrogens (tertiary/aromatic N) is 2. The fraction of sp³-hybridized carbons (Fsp3) is 0.933.